The number of aryl methyl sites for hydroxylation is 1. The maximum atomic E-state index is 13.4. The molecule has 8 nitrogen and oxygen atoms in total. The standard InChI is InChI=1S/C30H29ClN2O6/c1-3-37-30(36)20-7-9-23(10-8-20)39-28-19(2)38-29-24(27(28)35)11-12-26(34)25(29)18-32-13-15-33(16-14-32)22-6-4-5-21(31)17-22/h4-12,17,34H,3,13-16,18H2,1-2H3. The number of carbonyl (C=O) groups excluding carboxylic acids is 1. The first kappa shape index (κ1) is 26.6. The first-order valence-corrected chi connectivity index (χ1v) is 13.2. The Morgan fingerprint density at radius 1 is 1.05 bits per heavy atom. The molecule has 9 heteroatoms. The monoisotopic (exact) mass is 548 g/mol. The molecule has 1 aliphatic rings. The molecule has 1 N–H and O–H groups in total. The molecule has 0 saturated carbocycles. The number of esters is 1. The van der Waals surface area contributed by atoms with E-state index in [9.17, 15) is 14.7 Å². The molecular formula is C30H29ClN2O6. The van der Waals surface area contributed by atoms with Crippen LogP contribution in [-0.4, -0.2) is 48.8 Å². The van der Waals surface area contributed by atoms with Crippen LogP contribution in [0.15, 0.2) is 69.9 Å². The van der Waals surface area contributed by atoms with Gasteiger partial charge in [-0.05, 0) is 68.4 Å². The lowest BCUT2D eigenvalue weighted by Crippen LogP contribution is -2.46. The minimum atomic E-state index is -0.427. The Balaban J connectivity index is 1.35. The highest BCUT2D eigenvalue weighted by Gasteiger charge is 2.23. The Kier molecular flexibility index (Phi) is 7.77. The maximum Gasteiger partial charge on any atom is 0.338 e. The number of rotatable bonds is 7. The molecule has 0 radical (unpaired) electrons. The van der Waals surface area contributed by atoms with E-state index in [1.165, 1.54) is 6.07 Å². The summed E-state index contributed by atoms with van der Waals surface area (Å²) in [6.45, 7) is 7.27. The van der Waals surface area contributed by atoms with E-state index in [1.807, 2.05) is 24.3 Å². The van der Waals surface area contributed by atoms with E-state index in [1.54, 1.807) is 44.2 Å². The van der Waals surface area contributed by atoms with Gasteiger partial charge in [0.25, 0.3) is 0 Å². The molecular weight excluding hydrogens is 520 g/mol. The molecule has 1 aliphatic heterocycles. The quantitative estimate of drug-likeness (QED) is 0.292. The van der Waals surface area contributed by atoms with Gasteiger partial charge in [0.05, 0.1) is 23.1 Å². The van der Waals surface area contributed by atoms with E-state index >= 15 is 0 Å². The Morgan fingerprint density at radius 2 is 1.79 bits per heavy atom. The van der Waals surface area contributed by atoms with Crippen LogP contribution in [0.3, 0.4) is 0 Å². The van der Waals surface area contributed by atoms with Crippen molar-refractivity contribution < 1.29 is 23.8 Å². The second-order valence-electron chi connectivity index (χ2n) is 9.35. The molecule has 0 amide bonds. The van der Waals surface area contributed by atoms with Gasteiger partial charge >= 0.3 is 5.97 Å². The van der Waals surface area contributed by atoms with Crippen molar-refractivity contribution in [3.63, 3.8) is 0 Å². The smallest absolute Gasteiger partial charge is 0.338 e. The number of halogens is 1. The number of phenols is 1. The van der Waals surface area contributed by atoms with Gasteiger partial charge in [0.15, 0.2) is 0 Å². The van der Waals surface area contributed by atoms with Crippen molar-refractivity contribution in [2.24, 2.45) is 0 Å². The summed E-state index contributed by atoms with van der Waals surface area (Å²) in [5, 5.41) is 11.7. The minimum Gasteiger partial charge on any atom is -0.507 e. The van der Waals surface area contributed by atoms with Crippen molar-refractivity contribution in [3.8, 4) is 17.2 Å². The fourth-order valence-electron chi connectivity index (χ4n) is 4.72. The highest BCUT2D eigenvalue weighted by molar-refractivity contribution is 6.30. The Hall–Kier alpha value is -4.01. The molecule has 0 aliphatic carbocycles. The number of benzene rings is 3. The van der Waals surface area contributed by atoms with Gasteiger partial charge in [0.1, 0.15) is 22.8 Å². The van der Waals surface area contributed by atoms with Gasteiger partial charge in [0, 0.05) is 43.4 Å². The van der Waals surface area contributed by atoms with Gasteiger partial charge < -0.3 is 23.9 Å². The SMILES string of the molecule is CCOC(=O)c1ccc(Oc2c(C)oc3c(CN4CCN(c5cccc(Cl)c5)CC4)c(O)ccc3c2=O)cc1. The third-order valence-electron chi connectivity index (χ3n) is 6.77. The van der Waals surface area contributed by atoms with Crippen molar-refractivity contribution in [3.05, 3.63) is 92.8 Å². The van der Waals surface area contributed by atoms with Crippen LogP contribution >= 0.6 is 11.6 Å². The summed E-state index contributed by atoms with van der Waals surface area (Å²) in [5.74, 6) is 0.376. The molecule has 3 aromatic carbocycles. The predicted octanol–water partition coefficient (Wildman–Crippen LogP) is 5.75. The zero-order valence-electron chi connectivity index (χ0n) is 21.8. The minimum absolute atomic E-state index is 0.0539. The first-order valence-electron chi connectivity index (χ1n) is 12.8. The summed E-state index contributed by atoms with van der Waals surface area (Å²) < 4.78 is 17.0. The summed E-state index contributed by atoms with van der Waals surface area (Å²) in [5.41, 5.74) is 2.05. The van der Waals surface area contributed by atoms with Crippen LogP contribution < -0.4 is 15.1 Å². The van der Waals surface area contributed by atoms with Crippen molar-refractivity contribution >= 4 is 34.2 Å². The molecule has 5 rings (SSSR count). The molecule has 0 unspecified atom stereocenters. The summed E-state index contributed by atoms with van der Waals surface area (Å²) in [6, 6.07) is 17.2. The number of hydrogen-bond acceptors (Lipinski definition) is 8. The lowest BCUT2D eigenvalue weighted by Gasteiger charge is -2.36. The zero-order valence-corrected chi connectivity index (χ0v) is 22.5. The van der Waals surface area contributed by atoms with Crippen molar-refractivity contribution in [1.82, 2.24) is 4.90 Å². The Morgan fingerprint density at radius 3 is 2.49 bits per heavy atom. The zero-order chi connectivity index (χ0) is 27.5. The van der Waals surface area contributed by atoms with Gasteiger partial charge in [-0.3, -0.25) is 9.69 Å². The summed E-state index contributed by atoms with van der Waals surface area (Å²) in [6.07, 6.45) is 0. The fraction of sp³-hybridized carbons (Fsp3) is 0.267. The van der Waals surface area contributed by atoms with E-state index in [4.69, 9.17) is 25.5 Å². The molecule has 0 bridgehead atoms. The average molecular weight is 549 g/mol. The summed E-state index contributed by atoms with van der Waals surface area (Å²) >= 11 is 6.16. The molecule has 39 heavy (non-hydrogen) atoms. The molecule has 4 aromatic rings. The van der Waals surface area contributed by atoms with Crippen LogP contribution in [0, 0.1) is 6.92 Å². The second-order valence-corrected chi connectivity index (χ2v) is 9.78. The van der Waals surface area contributed by atoms with Crippen LogP contribution in [0.1, 0.15) is 28.6 Å². The number of nitrogens with zero attached hydrogens (tertiary/aromatic N) is 2. The molecule has 202 valence electrons. The van der Waals surface area contributed by atoms with E-state index < -0.39 is 5.97 Å². The number of fused-ring (bicyclic) bond motifs is 1. The second kappa shape index (κ2) is 11.4. The van der Waals surface area contributed by atoms with Crippen LogP contribution in [0.5, 0.6) is 17.2 Å². The third-order valence-corrected chi connectivity index (χ3v) is 7.01. The predicted molar refractivity (Wildman–Crippen MR) is 150 cm³/mol. The third kappa shape index (κ3) is 5.72. The highest BCUT2D eigenvalue weighted by atomic mass is 35.5. The number of phenolic OH excluding ortho intramolecular Hbond substituents is 1. The Bertz CT molecular complexity index is 1560. The number of ether oxygens (including phenoxy) is 2. The van der Waals surface area contributed by atoms with E-state index in [-0.39, 0.29) is 23.5 Å². The maximum absolute atomic E-state index is 13.4. The number of carbonyl (C=O) groups is 1. The first-order chi connectivity index (χ1) is 18.8. The molecule has 2 heterocycles. The molecule has 1 aromatic heterocycles. The topological polar surface area (TPSA) is 92.5 Å². The largest absolute Gasteiger partial charge is 0.507 e. The normalized spacial score (nSPS) is 14.0. The van der Waals surface area contributed by atoms with Crippen LogP contribution in [0.2, 0.25) is 5.02 Å². The van der Waals surface area contributed by atoms with Gasteiger partial charge in [-0.25, -0.2) is 4.79 Å². The van der Waals surface area contributed by atoms with Crippen LogP contribution in [0.4, 0.5) is 5.69 Å². The number of anilines is 1. The number of piperazine rings is 1. The molecule has 0 spiro atoms. The van der Waals surface area contributed by atoms with Crippen LogP contribution in [-0.2, 0) is 11.3 Å². The van der Waals surface area contributed by atoms with Gasteiger partial charge in [0.2, 0.25) is 11.2 Å². The fourth-order valence-corrected chi connectivity index (χ4v) is 4.90. The average Bonchev–Trinajstić information content (AvgIpc) is 2.93. The molecule has 0 atom stereocenters. The van der Waals surface area contributed by atoms with E-state index in [0.29, 0.717) is 45.2 Å². The van der Waals surface area contributed by atoms with Crippen LogP contribution in [0.25, 0.3) is 11.0 Å². The number of hydrogen-bond donors (Lipinski definition) is 1. The van der Waals surface area contributed by atoms with Gasteiger partial charge in [-0.1, -0.05) is 17.7 Å². The van der Waals surface area contributed by atoms with Crippen molar-refractivity contribution in [2.45, 2.75) is 20.4 Å². The molecule has 1 saturated heterocycles. The number of aromatic hydroxyl groups is 1. The van der Waals surface area contributed by atoms with Gasteiger partial charge in [-0.2, -0.15) is 0 Å². The highest BCUT2D eigenvalue weighted by Crippen LogP contribution is 2.32. The molecule has 1 fully saturated rings. The van der Waals surface area contributed by atoms with E-state index in [0.717, 1.165) is 31.9 Å². The lowest BCUT2D eigenvalue weighted by atomic mass is 10.1. The Labute approximate surface area is 230 Å². The lowest BCUT2D eigenvalue weighted by molar-refractivity contribution is 0.0526. The van der Waals surface area contributed by atoms with Crippen molar-refractivity contribution in [1.29, 1.82) is 0 Å². The van der Waals surface area contributed by atoms with Gasteiger partial charge in [-0.15, -0.1) is 0 Å². The summed E-state index contributed by atoms with van der Waals surface area (Å²) in [7, 11) is 0. The van der Waals surface area contributed by atoms with E-state index in [2.05, 4.69) is 9.80 Å². The summed E-state index contributed by atoms with van der Waals surface area (Å²) in [4.78, 5) is 29.8. The van der Waals surface area contributed by atoms with Crippen molar-refractivity contribution in [2.75, 3.05) is 37.7 Å².